The lowest BCUT2D eigenvalue weighted by atomic mass is 10.1. The topological polar surface area (TPSA) is 133 Å². The fraction of sp³-hybridized carbons (Fsp3) is 0.294. The molecule has 2 N–H and O–H groups in total. The number of H-pyrrole nitrogens is 1. The van der Waals surface area contributed by atoms with E-state index in [-0.39, 0.29) is 24.7 Å². The third-order valence-electron chi connectivity index (χ3n) is 3.75. The molecule has 2 rings (SSSR count). The van der Waals surface area contributed by atoms with Crippen molar-refractivity contribution in [3.05, 3.63) is 56.0 Å². The molecule has 1 heterocycles. The Morgan fingerprint density at radius 3 is 2.47 bits per heavy atom. The molecular formula is C17H16F3N3O7. The van der Waals surface area contributed by atoms with Gasteiger partial charge >= 0.3 is 6.18 Å². The van der Waals surface area contributed by atoms with Gasteiger partial charge in [0.05, 0.1) is 30.3 Å². The highest BCUT2D eigenvalue weighted by atomic mass is 19.4. The number of alkyl halides is 3. The van der Waals surface area contributed by atoms with Gasteiger partial charge in [0.25, 0.3) is 17.2 Å². The van der Waals surface area contributed by atoms with Crippen LogP contribution in [0.1, 0.15) is 15.9 Å². The summed E-state index contributed by atoms with van der Waals surface area (Å²) in [6.07, 6.45) is -4.34. The van der Waals surface area contributed by atoms with Crippen LogP contribution in [0.2, 0.25) is 0 Å². The van der Waals surface area contributed by atoms with Crippen LogP contribution in [0.25, 0.3) is 0 Å². The minimum absolute atomic E-state index is 0.0369. The molecule has 1 aromatic carbocycles. The molecule has 10 nitrogen and oxygen atoms in total. The van der Waals surface area contributed by atoms with Crippen LogP contribution < -0.4 is 20.3 Å². The lowest BCUT2D eigenvalue weighted by molar-refractivity contribution is -0.385. The van der Waals surface area contributed by atoms with Gasteiger partial charge in [-0.15, -0.1) is 0 Å². The lowest BCUT2D eigenvalue weighted by Gasteiger charge is -2.13. The van der Waals surface area contributed by atoms with E-state index in [0.717, 1.165) is 12.1 Å². The van der Waals surface area contributed by atoms with Crippen LogP contribution in [0.4, 0.5) is 24.5 Å². The Bertz CT molecular complexity index is 1010. The van der Waals surface area contributed by atoms with Crippen molar-refractivity contribution in [3.63, 3.8) is 0 Å². The second-order valence-corrected chi connectivity index (χ2v) is 5.70. The molecular weight excluding hydrogens is 415 g/mol. The Labute approximate surface area is 166 Å². The first-order chi connectivity index (χ1) is 14.1. The zero-order chi connectivity index (χ0) is 22.5. The highest BCUT2D eigenvalue weighted by molar-refractivity contribution is 6.07. The van der Waals surface area contributed by atoms with E-state index in [1.54, 1.807) is 0 Å². The van der Waals surface area contributed by atoms with E-state index in [4.69, 9.17) is 14.2 Å². The average Bonchev–Trinajstić information content (AvgIpc) is 2.68. The molecule has 0 radical (unpaired) electrons. The molecule has 0 fully saturated rings. The van der Waals surface area contributed by atoms with Gasteiger partial charge in [-0.05, 0) is 6.07 Å². The van der Waals surface area contributed by atoms with Gasteiger partial charge < -0.3 is 24.5 Å². The number of benzene rings is 1. The van der Waals surface area contributed by atoms with Crippen molar-refractivity contribution < 1.29 is 37.1 Å². The summed E-state index contributed by atoms with van der Waals surface area (Å²) < 4.78 is 53.7. The minimum atomic E-state index is -4.78. The number of aromatic nitrogens is 1. The smallest absolute Gasteiger partial charge is 0.417 e. The number of nitrogens with one attached hydrogen (secondary N) is 2. The first kappa shape index (κ1) is 22.7. The summed E-state index contributed by atoms with van der Waals surface area (Å²) in [7, 11) is 2.65. The molecule has 0 unspecified atom stereocenters. The average molecular weight is 431 g/mol. The summed E-state index contributed by atoms with van der Waals surface area (Å²) in [4.78, 5) is 36.7. The summed E-state index contributed by atoms with van der Waals surface area (Å²) in [5, 5.41) is 13.4. The normalized spacial score (nSPS) is 11.1. The number of hydrogen-bond donors (Lipinski definition) is 2. The second-order valence-electron chi connectivity index (χ2n) is 5.70. The van der Waals surface area contributed by atoms with E-state index in [1.807, 2.05) is 10.3 Å². The van der Waals surface area contributed by atoms with Crippen molar-refractivity contribution in [2.75, 3.05) is 32.8 Å². The van der Waals surface area contributed by atoms with Crippen molar-refractivity contribution in [1.29, 1.82) is 0 Å². The number of nitro benzene ring substituents is 1. The van der Waals surface area contributed by atoms with E-state index in [1.165, 1.54) is 14.2 Å². The maximum absolute atomic E-state index is 12.8. The fourth-order valence-corrected chi connectivity index (χ4v) is 2.32. The number of amides is 1. The van der Waals surface area contributed by atoms with Crippen LogP contribution in [0.15, 0.2) is 29.2 Å². The van der Waals surface area contributed by atoms with Gasteiger partial charge in [0, 0.05) is 19.4 Å². The summed E-state index contributed by atoms with van der Waals surface area (Å²) in [5.74, 6) is -1.28. The molecule has 0 saturated heterocycles. The van der Waals surface area contributed by atoms with Gasteiger partial charge in [-0.3, -0.25) is 19.7 Å². The van der Waals surface area contributed by atoms with Crippen molar-refractivity contribution in [2.24, 2.45) is 0 Å². The number of nitrogens with zero attached hydrogens (tertiary/aromatic N) is 1. The van der Waals surface area contributed by atoms with Gasteiger partial charge in [-0.1, -0.05) is 0 Å². The molecule has 0 aliphatic rings. The molecule has 2 aromatic rings. The first-order valence-corrected chi connectivity index (χ1v) is 8.18. The Morgan fingerprint density at radius 2 is 1.90 bits per heavy atom. The number of carbonyl (C=O) groups excluding carboxylic acids is 1. The number of anilines is 1. The van der Waals surface area contributed by atoms with Gasteiger partial charge in [0.15, 0.2) is 11.5 Å². The zero-order valence-corrected chi connectivity index (χ0v) is 15.7. The van der Waals surface area contributed by atoms with Crippen LogP contribution in [0.5, 0.6) is 11.5 Å². The fourth-order valence-electron chi connectivity index (χ4n) is 2.32. The largest absolute Gasteiger partial charge is 0.493 e. The van der Waals surface area contributed by atoms with Crippen molar-refractivity contribution in [2.45, 2.75) is 6.18 Å². The SMILES string of the molecule is COCCOc1cc([N+](=O)[O-])c(C(=O)Nc2cc(C(F)(F)F)c[nH]c2=O)cc1OC. The Morgan fingerprint density at radius 1 is 1.20 bits per heavy atom. The van der Waals surface area contributed by atoms with Crippen LogP contribution in [-0.4, -0.2) is 43.2 Å². The molecule has 1 aromatic heterocycles. The van der Waals surface area contributed by atoms with E-state index in [0.29, 0.717) is 12.3 Å². The van der Waals surface area contributed by atoms with Crippen molar-refractivity contribution >= 4 is 17.3 Å². The number of carbonyl (C=O) groups is 1. The standard InChI is InChI=1S/C17H16F3N3O7/c1-28-3-4-30-14-7-12(23(26)27)10(6-13(14)29-2)15(24)22-11-5-9(17(18,19)20)8-21-16(11)25/h5-8H,3-4H2,1-2H3,(H,21,25)(H,22,24). The Hall–Kier alpha value is -3.61. The summed E-state index contributed by atoms with van der Waals surface area (Å²) in [6, 6.07) is 2.33. The van der Waals surface area contributed by atoms with Crippen molar-refractivity contribution in [3.8, 4) is 11.5 Å². The number of halogens is 3. The minimum Gasteiger partial charge on any atom is -0.493 e. The lowest BCUT2D eigenvalue weighted by Crippen LogP contribution is -2.22. The Kier molecular flexibility index (Phi) is 7.00. The summed E-state index contributed by atoms with van der Waals surface area (Å²) in [6.45, 7) is 0.215. The highest BCUT2D eigenvalue weighted by Gasteiger charge is 2.32. The predicted molar refractivity (Wildman–Crippen MR) is 97.0 cm³/mol. The van der Waals surface area contributed by atoms with Gasteiger partial charge in [-0.25, -0.2) is 0 Å². The van der Waals surface area contributed by atoms with E-state index in [2.05, 4.69) is 0 Å². The highest BCUT2D eigenvalue weighted by Crippen LogP contribution is 2.35. The van der Waals surface area contributed by atoms with Gasteiger partial charge in [-0.2, -0.15) is 13.2 Å². The van der Waals surface area contributed by atoms with Crippen LogP contribution in [0.3, 0.4) is 0 Å². The number of ether oxygens (including phenoxy) is 3. The third-order valence-corrected chi connectivity index (χ3v) is 3.75. The Balaban J connectivity index is 2.44. The van der Waals surface area contributed by atoms with Crippen LogP contribution >= 0.6 is 0 Å². The number of pyridine rings is 1. The summed E-state index contributed by atoms with van der Waals surface area (Å²) in [5.41, 5.74) is -4.22. The molecule has 30 heavy (non-hydrogen) atoms. The number of methoxy groups -OCH3 is 2. The summed E-state index contributed by atoms with van der Waals surface area (Å²) >= 11 is 0. The number of rotatable bonds is 8. The zero-order valence-electron chi connectivity index (χ0n) is 15.7. The third kappa shape index (κ3) is 5.26. The number of hydrogen-bond acceptors (Lipinski definition) is 7. The monoisotopic (exact) mass is 431 g/mol. The van der Waals surface area contributed by atoms with Crippen LogP contribution in [0, 0.1) is 10.1 Å². The van der Waals surface area contributed by atoms with E-state index in [9.17, 15) is 32.9 Å². The van der Waals surface area contributed by atoms with Crippen molar-refractivity contribution in [1.82, 2.24) is 4.98 Å². The van der Waals surface area contributed by atoms with E-state index < -0.39 is 45.1 Å². The predicted octanol–water partition coefficient (Wildman–Crippen LogP) is 2.59. The molecule has 0 spiro atoms. The maximum atomic E-state index is 12.8. The van der Waals surface area contributed by atoms with E-state index >= 15 is 0 Å². The maximum Gasteiger partial charge on any atom is 0.417 e. The molecule has 0 aliphatic heterocycles. The molecule has 0 bridgehead atoms. The molecule has 13 heteroatoms. The second kappa shape index (κ2) is 9.26. The van der Waals surface area contributed by atoms with Gasteiger partial charge in [0.1, 0.15) is 17.9 Å². The van der Waals surface area contributed by atoms with Gasteiger partial charge in [0.2, 0.25) is 0 Å². The number of aromatic amines is 1. The first-order valence-electron chi connectivity index (χ1n) is 8.18. The molecule has 0 aliphatic carbocycles. The quantitative estimate of drug-likeness (QED) is 0.373. The molecule has 162 valence electrons. The molecule has 0 saturated carbocycles. The molecule has 0 atom stereocenters. The van der Waals surface area contributed by atoms with Crippen LogP contribution in [-0.2, 0) is 10.9 Å². The molecule has 1 amide bonds. The number of nitro groups is 1.